The molecule has 2 aliphatic carbocycles. The molecule has 1 spiro atoms. The van der Waals surface area contributed by atoms with Crippen LogP contribution in [0.5, 0.6) is 0 Å². The Labute approximate surface area is 372 Å². The first-order valence-electron chi connectivity index (χ1n) is 22.2. The lowest BCUT2D eigenvalue weighted by Crippen LogP contribution is -2.33. The van der Waals surface area contributed by atoms with E-state index in [2.05, 4.69) is 236 Å². The third-order valence-corrected chi connectivity index (χ3v) is 15.2. The van der Waals surface area contributed by atoms with Crippen LogP contribution in [0.2, 0.25) is 0 Å². The average Bonchev–Trinajstić information content (AvgIpc) is 3.68. The highest BCUT2D eigenvalue weighted by molar-refractivity contribution is 7.99. The Bertz CT molecular complexity index is 3020. The quantitative estimate of drug-likeness (QED) is 0.174. The van der Waals surface area contributed by atoms with Crippen molar-refractivity contribution in [3.05, 3.63) is 220 Å². The molecule has 0 atom stereocenters. The number of rotatable bonds is 4. The van der Waals surface area contributed by atoms with Gasteiger partial charge in [-0.2, -0.15) is 0 Å². The number of hydrogen-bond acceptors (Lipinski definition) is 2. The Morgan fingerprint density at radius 3 is 1.48 bits per heavy atom. The van der Waals surface area contributed by atoms with Crippen molar-refractivity contribution < 1.29 is 0 Å². The van der Waals surface area contributed by atoms with Crippen LogP contribution in [0.1, 0.15) is 99.9 Å². The number of nitrogens with zero attached hydrogens (tertiary/aromatic N) is 1. The summed E-state index contributed by atoms with van der Waals surface area (Å²) in [5, 5.41) is 0. The van der Waals surface area contributed by atoms with Crippen molar-refractivity contribution in [3.63, 3.8) is 0 Å². The molecule has 0 bridgehead atoms. The number of hydrogen-bond donors (Lipinski definition) is 0. The maximum absolute atomic E-state index is 2.55. The molecule has 1 aliphatic heterocycles. The van der Waals surface area contributed by atoms with Crippen LogP contribution in [0.3, 0.4) is 0 Å². The molecule has 11 rings (SSSR count). The Morgan fingerprint density at radius 1 is 0.371 bits per heavy atom. The van der Waals surface area contributed by atoms with Gasteiger partial charge in [0.15, 0.2) is 0 Å². The van der Waals surface area contributed by atoms with Gasteiger partial charge in [-0.3, -0.25) is 0 Å². The van der Waals surface area contributed by atoms with Gasteiger partial charge < -0.3 is 4.90 Å². The zero-order chi connectivity index (χ0) is 42.8. The number of fused-ring (bicyclic) bond motifs is 12. The van der Waals surface area contributed by atoms with Crippen LogP contribution < -0.4 is 4.90 Å². The van der Waals surface area contributed by atoms with E-state index in [0.29, 0.717) is 0 Å². The van der Waals surface area contributed by atoms with Crippen molar-refractivity contribution >= 4 is 28.8 Å². The van der Waals surface area contributed by atoms with E-state index in [1.807, 2.05) is 11.8 Å². The lowest BCUT2D eigenvalue weighted by Gasteiger charge is -2.41. The van der Waals surface area contributed by atoms with Gasteiger partial charge in [0, 0.05) is 32.3 Å². The summed E-state index contributed by atoms with van der Waals surface area (Å²) in [5.41, 5.74) is 21.5. The van der Waals surface area contributed by atoms with Crippen molar-refractivity contribution in [1.82, 2.24) is 0 Å². The first-order chi connectivity index (χ1) is 29.7. The lowest BCUT2D eigenvalue weighted by molar-refractivity contribution is 0.585. The molecule has 0 fully saturated rings. The molecule has 3 aliphatic rings. The van der Waals surface area contributed by atoms with Gasteiger partial charge in [0.05, 0.1) is 5.41 Å². The normalized spacial score (nSPS) is 15.0. The van der Waals surface area contributed by atoms with Crippen molar-refractivity contribution in [2.75, 3.05) is 4.90 Å². The molecule has 8 aromatic rings. The summed E-state index contributed by atoms with van der Waals surface area (Å²) in [4.78, 5) is 5.13. The second-order valence-corrected chi connectivity index (χ2v) is 21.3. The molecular formula is C60H53NS. The van der Waals surface area contributed by atoms with E-state index >= 15 is 0 Å². The fourth-order valence-electron chi connectivity index (χ4n) is 10.7. The van der Waals surface area contributed by atoms with Crippen molar-refractivity contribution in [3.8, 4) is 33.4 Å². The number of anilines is 3. The molecule has 0 amide bonds. The van der Waals surface area contributed by atoms with Gasteiger partial charge >= 0.3 is 0 Å². The molecule has 1 heterocycles. The number of benzene rings is 8. The summed E-state index contributed by atoms with van der Waals surface area (Å²) in [6.07, 6.45) is 0. The van der Waals surface area contributed by atoms with E-state index in [1.165, 1.54) is 87.7 Å². The summed E-state index contributed by atoms with van der Waals surface area (Å²) in [7, 11) is 0. The third kappa shape index (κ3) is 5.76. The first kappa shape index (κ1) is 38.8. The predicted octanol–water partition coefficient (Wildman–Crippen LogP) is 16.6. The molecule has 2 heteroatoms. The van der Waals surface area contributed by atoms with Gasteiger partial charge in [-0.25, -0.2) is 0 Å². The Kier molecular flexibility index (Phi) is 8.58. The summed E-state index contributed by atoms with van der Waals surface area (Å²) >= 11 is 1.91. The minimum atomic E-state index is -0.523. The van der Waals surface area contributed by atoms with E-state index in [0.717, 1.165) is 17.1 Å². The van der Waals surface area contributed by atoms with Gasteiger partial charge in [-0.05, 0) is 137 Å². The molecule has 0 saturated heterocycles. The van der Waals surface area contributed by atoms with E-state index in [9.17, 15) is 0 Å². The van der Waals surface area contributed by atoms with Crippen molar-refractivity contribution in [1.29, 1.82) is 0 Å². The molecule has 0 aromatic heterocycles. The summed E-state index contributed by atoms with van der Waals surface area (Å²) < 4.78 is 0. The minimum Gasteiger partial charge on any atom is -0.310 e. The molecule has 1 nitrogen and oxygen atoms in total. The van der Waals surface area contributed by atoms with Crippen LogP contribution in [-0.4, -0.2) is 0 Å². The summed E-state index contributed by atoms with van der Waals surface area (Å²) in [5.74, 6) is 0. The van der Waals surface area contributed by atoms with E-state index < -0.39 is 5.41 Å². The molecule has 8 aromatic carbocycles. The molecule has 0 unspecified atom stereocenters. The maximum atomic E-state index is 2.55. The molecular weight excluding hydrogens is 767 g/mol. The van der Waals surface area contributed by atoms with Crippen LogP contribution in [0.4, 0.5) is 17.1 Å². The summed E-state index contributed by atoms with van der Waals surface area (Å²) in [6, 6.07) is 67.2. The standard InChI is InChI=1S/C60H53NS/c1-57(2,3)40-24-30-47-48-31-25-41(58(4,5)6)35-53(48)60(52(47)34-40)50-20-14-15-21-55(50)62-56-33-29-44(37-54(56)60)61(42-26-22-39(23-27-42)38-16-10-9-11-17-38)43-28-32-46-45-18-12-13-19-49(45)59(7,8)51(46)36-43/h9-37H,1-8H3. The van der Waals surface area contributed by atoms with E-state index in [1.54, 1.807) is 0 Å². The highest BCUT2D eigenvalue weighted by Crippen LogP contribution is 2.63. The van der Waals surface area contributed by atoms with Gasteiger partial charge in [0.2, 0.25) is 0 Å². The molecule has 62 heavy (non-hydrogen) atoms. The molecule has 304 valence electrons. The van der Waals surface area contributed by atoms with E-state index in [4.69, 9.17) is 0 Å². The highest BCUT2D eigenvalue weighted by Gasteiger charge is 2.51. The average molecular weight is 820 g/mol. The fourth-order valence-corrected chi connectivity index (χ4v) is 11.9. The van der Waals surface area contributed by atoms with Crippen LogP contribution in [0, 0.1) is 0 Å². The molecule has 0 saturated carbocycles. The second-order valence-electron chi connectivity index (χ2n) is 20.2. The first-order valence-corrected chi connectivity index (χ1v) is 23.0. The third-order valence-electron chi connectivity index (χ3n) is 14.1. The van der Waals surface area contributed by atoms with Gasteiger partial charge in [0.25, 0.3) is 0 Å². The Hall–Kier alpha value is -6.09. The Balaban J connectivity index is 1.18. The van der Waals surface area contributed by atoms with Crippen molar-refractivity contribution in [2.45, 2.75) is 86.8 Å². The van der Waals surface area contributed by atoms with Crippen molar-refractivity contribution in [2.24, 2.45) is 0 Å². The lowest BCUT2D eigenvalue weighted by atomic mass is 9.66. The van der Waals surface area contributed by atoms with Crippen LogP contribution in [0.25, 0.3) is 33.4 Å². The van der Waals surface area contributed by atoms with E-state index in [-0.39, 0.29) is 16.2 Å². The van der Waals surface area contributed by atoms with Crippen LogP contribution in [-0.2, 0) is 21.7 Å². The second kappa shape index (κ2) is 13.7. The Morgan fingerprint density at radius 2 is 0.839 bits per heavy atom. The molecule has 0 radical (unpaired) electrons. The van der Waals surface area contributed by atoms with Crippen LogP contribution >= 0.6 is 11.8 Å². The maximum Gasteiger partial charge on any atom is 0.0736 e. The smallest absolute Gasteiger partial charge is 0.0736 e. The predicted molar refractivity (Wildman–Crippen MR) is 263 cm³/mol. The van der Waals surface area contributed by atoms with Crippen LogP contribution in [0.15, 0.2) is 186 Å². The minimum absolute atomic E-state index is 0.0150. The topological polar surface area (TPSA) is 3.24 Å². The van der Waals surface area contributed by atoms with Gasteiger partial charge in [0.1, 0.15) is 0 Å². The molecule has 0 N–H and O–H groups in total. The zero-order valence-corrected chi connectivity index (χ0v) is 37.9. The summed E-state index contributed by atoms with van der Waals surface area (Å²) in [6.45, 7) is 18.8. The monoisotopic (exact) mass is 819 g/mol. The SMILES string of the molecule is CC(C)(C)c1ccc2c(c1)C1(c3ccccc3Sc3ccc(N(c4ccc(-c5ccccc5)cc4)c4ccc5c(c4)C(C)(C)c4ccccc4-5)cc31)c1cc(C(C)(C)C)ccc1-2. The largest absolute Gasteiger partial charge is 0.310 e. The highest BCUT2D eigenvalue weighted by atomic mass is 32.2. The van der Waals surface area contributed by atoms with Gasteiger partial charge in [-0.1, -0.05) is 195 Å². The fraction of sp³-hybridized carbons (Fsp3) is 0.200. The van der Waals surface area contributed by atoms with Gasteiger partial charge in [-0.15, -0.1) is 0 Å². The zero-order valence-electron chi connectivity index (χ0n) is 37.1.